The predicted molar refractivity (Wildman–Crippen MR) is 109 cm³/mol. The first-order valence-electron chi connectivity index (χ1n) is 9.68. The maximum absolute atomic E-state index is 12.9. The molecular weight excluding hydrogens is 356 g/mol. The highest BCUT2D eigenvalue weighted by atomic mass is 32.2. The number of sulfonamides is 1. The average molecular weight is 383 g/mol. The van der Waals surface area contributed by atoms with E-state index in [9.17, 15) is 8.42 Å². The van der Waals surface area contributed by atoms with Crippen molar-refractivity contribution in [1.29, 1.82) is 0 Å². The van der Waals surface area contributed by atoms with Crippen LogP contribution in [0.5, 0.6) is 0 Å². The molecule has 0 bridgehead atoms. The van der Waals surface area contributed by atoms with Crippen molar-refractivity contribution in [3.8, 4) is 0 Å². The minimum Gasteiger partial charge on any atom is -0.378 e. The number of hydrogen-bond donors (Lipinski definition) is 1. The van der Waals surface area contributed by atoms with Gasteiger partial charge in [-0.2, -0.15) is 4.31 Å². The SMILES string of the molecule is CCN(CC)S(=O)(=O)c1ccc2c(c1)C1C=CCC1C(c1ccccc1)N2. The Balaban J connectivity index is 1.75. The predicted octanol–water partition coefficient (Wildman–Crippen LogP) is 4.54. The number of anilines is 1. The maximum atomic E-state index is 12.9. The van der Waals surface area contributed by atoms with Crippen molar-refractivity contribution in [2.24, 2.45) is 5.92 Å². The van der Waals surface area contributed by atoms with E-state index >= 15 is 0 Å². The van der Waals surface area contributed by atoms with Crippen molar-refractivity contribution in [2.45, 2.75) is 37.1 Å². The lowest BCUT2D eigenvalue weighted by Gasteiger charge is -2.37. The molecule has 5 heteroatoms. The van der Waals surface area contributed by atoms with Crippen LogP contribution in [0.15, 0.2) is 65.6 Å². The van der Waals surface area contributed by atoms with Crippen molar-refractivity contribution < 1.29 is 8.42 Å². The molecule has 0 radical (unpaired) electrons. The fourth-order valence-electron chi connectivity index (χ4n) is 4.44. The molecule has 142 valence electrons. The highest BCUT2D eigenvalue weighted by molar-refractivity contribution is 7.89. The molecule has 0 fully saturated rings. The van der Waals surface area contributed by atoms with E-state index in [0.29, 0.717) is 23.9 Å². The molecular formula is C22H26N2O2S. The van der Waals surface area contributed by atoms with Gasteiger partial charge in [0.1, 0.15) is 0 Å². The van der Waals surface area contributed by atoms with Gasteiger partial charge in [0.2, 0.25) is 10.0 Å². The van der Waals surface area contributed by atoms with Crippen LogP contribution in [-0.2, 0) is 10.0 Å². The van der Waals surface area contributed by atoms with Gasteiger partial charge in [0.05, 0.1) is 10.9 Å². The van der Waals surface area contributed by atoms with E-state index in [1.54, 1.807) is 6.07 Å². The number of hydrogen-bond acceptors (Lipinski definition) is 3. The zero-order chi connectivity index (χ0) is 19.0. The van der Waals surface area contributed by atoms with Gasteiger partial charge in [-0.15, -0.1) is 0 Å². The highest BCUT2D eigenvalue weighted by Crippen LogP contribution is 2.50. The van der Waals surface area contributed by atoms with E-state index in [4.69, 9.17) is 0 Å². The van der Waals surface area contributed by atoms with Crippen LogP contribution in [-0.4, -0.2) is 25.8 Å². The lowest BCUT2D eigenvalue weighted by atomic mass is 9.77. The Kier molecular flexibility index (Phi) is 4.82. The molecule has 27 heavy (non-hydrogen) atoms. The van der Waals surface area contributed by atoms with Crippen LogP contribution in [0.4, 0.5) is 5.69 Å². The number of allylic oxidation sites excluding steroid dienone is 2. The van der Waals surface area contributed by atoms with Crippen LogP contribution in [0.3, 0.4) is 0 Å². The van der Waals surface area contributed by atoms with E-state index in [0.717, 1.165) is 17.7 Å². The van der Waals surface area contributed by atoms with Gasteiger partial charge in [-0.3, -0.25) is 0 Å². The molecule has 2 aliphatic rings. The molecule has 1 aliphatic carbocycles. The molecule has 0 aromatic heterocycles. The standard InChI is InChI=1S/C22H26N2O2S/c1-3-24(4-2)27(25,26)17-13-14-21-20(15-17)18-11-8-12-19(18)22(23-21)16-9-6-5-7-10-16/h5-11,13-15,18-19,22-23H,3-4,12H2,1-2H3. The fraction of sp³-hybridized carbons (Fsp3) is 0.364. The van der Waals surface area contributed by atoms with Crippen LogP contribution in [0, 0.1) is 5.92 Å². The van der Waals surface area contributed by atoms with E-state index in [2.05, 4.69) is 41.7 Å². The lowest BCUT2D eigenvalue weighted by Crippen LogP contribution is -2.32. The Bertz CT molecular complexity index is 950. The molecule has 1 N–H and O–H groups in total. The normalized spacial score (nSPS) is 23.7. The molecule has 4 rings (SSSR count). The molecule has 0 saturated heterocycles. The summed E-state index contributed by atoms with van der Waals surface area (Å²) in [5.41, 5.74) is 3.41. The fourth-order valence-corrected chi connectivity index (χ4v) is 5.93. The Morgan fingerprint density at radius 3 is 2.52 bits per heavy atom. The van der Waals surface area contributed by atoms with Crippen molar-refractivity contribution in [3.05, 3.63) is 71.8 Å². The minimum atomic E-state index is -3.45. The molecule has 2 aromatic carbocycles. The third-order valence-corrected chi connectivity index (χ3v) is 7.88. The number of fused-ring (bicyclic) bond motifs is 3. The van der Waals surface area contributed by atoms with Crippen molar-refractivity contribution >= 4 is 15.7 Å². The Morgan fingerprint density at radius 2 is 1.81 bits per heavy atom. The summed E-state index contributed by atoms with van der Waals surface area (Å²) < 4.78 is 27.4. The summed E-state index contributed by atoms with van der Waals surface area (Å²) >= 11 is 0. The minimum absolute atomic E-state index is 0.240. The van der Waals surface area contributed by atoms with Gasteiger partial charge in [0.15, 0.2) is 0 Å². The summed E-state index contributed by atoms with van der Waals surface area (Å²) in [6.07, 6.45) is 5.48. The largest absolute Gasteiger partial charge is 0.378 e. The molecule has 1 heterocycles. The molecule has 0 amide bonds. The first kappa shape index (κ1) is 18.3. The van der Waals surface area contributed by atoms with Gasteiger partial charge in [0, 0.05) is 24.7 Å². The first-order chi connectivity index (χ1) is 13.1. The molecule has 3 atom stereocenters. The zero-order valence-electron chi connectivity index (χ0n) is 15.8. The molecule has 0 spiro atoms. The molecule has 3 unspecified atom stereocenters. The second-order valence-electron chi connectivity index (χ2n) is 7.22. The van der Waals surface area contributed by atoms with E-state index < -0.39 is 10.0 Å². The van der Waals surface area contributed by atoms with Gasteiger partial charge in [-0.05, 0) is 41.7 Å². The monoisotopic (exact) mass is 382 g/mol. The van der Waals surface area contributed by atoms with Gasteiger partial charge in [0.25, 0.3) is 0 Å². The van der Waals surface area contributed by atoms with Crippen molar-refractivity contribution in [1.82, 2.24) is 4.31 Å². The summed E-state index contributed by atoms with van der Waals surface area (Å²) in [5, 5.41) is 3.67. The number of nitrogens with zero attached hydrogens (tertiary/aromatic N) is 1. The lowest BCUT2D eigenvalue weighted by molar-refractivity contribution is 0.424. The number of rotatable bonds is 5. The average Bonchev–Trinajstić information content (AvgIpc) is 3.18. The maximum Gasteiger partial charge on any atom is 0.243 e. The Morgan fingerprint density at radius 1 is 1.07 bits per heavy atom. The second kappa shape index (κ2) is 7.13. The summed E-state index contributed by atoms with van der Waals surface area (Å²) in [4.78, 5) is 0.393. The molecule has 0 saturated carbocycles. The first-order valence-corrected chi connectivity index (χ1v) is 11.1. The van der Waals surface area contributed by atoms with Gasteiger partial charge in [-0.1, -0.05) is 56.3 Å². The summed E-state index contributed by atoms with van der Waals surface area (Å²) in [6.45, 7) is 4.72. The highest BCUT2D eigenvalue weighted by Gasteiger charge is 2.38. The third kappa shape index (κ3) is 3.09. The van der Waals surface area contributed by atoms with Crippen molar-refractivity contribution in [2.75, 3.05) is 18.4 Å². The third-order valence-electron chi connectivity index (χ3n) is 5.84. The molecule has 4 nitrogen and oxygen atoms in total. The second-order valence-corrected chi connectivity index (χ2v) is 9.16. The Labute approximate surface area is 162 Å². The number of benzene rings is 2. The van der Waals surface area contributed by atoms with Crippen LogP contribution in [0.2, 0.25) is 0 Å². The molecule has 1 aliphatic heterocycles. The van der Waals surface area contributed by atoms with E-state index in [1.807, 2.05) is 32.0 Å². The quantitative estimate of drug-likeness (QED) is 0.772. The van der Waals surface area contributed by atoms with Crippen molar-refractivity contribution in [3.63, 3.8) is 0 Å². The molecule has 2 aromatic rings. The topological polar surface area (TPSA) is 49.4 Å². The van der Waals surface area contributed by atoms with Crippen LogP contribution in [0.25, 0.3) is 0 Å². The summed E-state index contributed by atoms with van der Waals surface area (Å²) in [6, 6.07) is 16.3. The Hall–Kier alpha value is -2.11. The zero-order valence-corrected chi connectivity index (χ0v) is 16.6. The van der Waals surface area contributed by atoms with Gasteiger partial charge < -0.3 is 5.32 Å². The van der Waals surface area contributed by atoms with E-state index in [-0.39, 0.29) is 12.0 Å². The summed E-state index contributed by atoms with van der Waals surface area (Å²) in [7, 11) is -3.45. The van der Waals surface area contributed by atoms with Crippen LogP contribution in [0.1, 0.15) is 43.4 Å². The number of nitrogens with one attached hydrogen (secondary N) is 1. The smallest absolute Gasteiger partial charge is 0.243 e. The van der Waals surface area contributed by atoms with Gasteiger partial charge >= 0.3 is 0 Å². The summed E-state index contributed by atoms with van der Waals surface area (Å²) in [5.74, 6) is 0.657. The van der Waals surface area contributed by atoms with Crippen LogP contribution >= 0.6 is 0 Å². The van der Waals surface area contributed by atoms with Gasteiger partial charge in [-0.25, -0.2) is 8.42 Å². The van der Waals surface area contributed by atoms with Crippen LogP contribution < -0.4 is 5.32 Å². The van der Waals surface area contributed by atoms with E-state index in [1.165, 1.54) is 9.87 Å².